The Kier molecular flexibility index (Phi) is 4.66. The van der Waals surface area contributed by atoms with Crippen molar-refractivity contribution in [2.45, 2.75) is 25.3 Å². The van der Waals surface area contributed by atoms with Gasteiger partial charge in [0.05, 0.1) is 37.0 Å². The first-order valence-corrected chi connectivity index (χ1v) is 9.32. The van der Waals surface area contributed by atoms with E-state index in [1.54, 1.807) is 6.07 Å². The van der Waals surface area contributed by atoms with E-state index in [2.05, 4.69) is 0 Å². The molecule has 0 radical (unpaired) electrons. The molecule has 148 valence electrons. The summed E-state index contributed by atoms with van der Waals surface area (Å²) in [6.07, 6.45) is 0.480. The molecule has 2 atom stereocenters. The van der Waals surface area contributed by atoms with E-state index in [0.717, 1.165) is 10.9 Å². The molecule has 1 aliphatic heterocycles. The predicted octanol–water partition coefficient (Wildman–Crippen LogP) is 2.81. The number of carbonyl (C=O) groups excluding carboxylic acids is 2. The first-order valence-electron chi connectivity index (χ1n) is 9.32. The average Bonchev–Trinajstić information content (AvgIpc) is 3.06. The Morgan fingerprint density at radius 1 is 1.14 bits per heavy atom. The first-order chi connectivity index (χ1) is 14.0. The number of rotatable bonds is 4. The number of benzene rings is 1. The Labute approximate surface area is 166 Å². The van der Waals surface area contributed by atoms with Gasteiger partial charge in [0.2, 0.25) is 0 Å². The molecule has 4 rings (SSSR count). The molecule has 0 bridgehead atoms. The van der Waals surface area contributed by atoms with Crippen molar-refractivity contribution in [3.05, 3.63) is 63.9 Å². The molecule has 0 aliphatic carbocycles. The maximum atomic E-state index is 13.0. The highest BCUT2D eigenvalue weighted by molar-refractivity contribution is 5.91. The summed E-state index contributed by atoms with van der Waals surface area (Å²) in [5, 5.41) is 0.863. The molecule has 1 aliphatic rings. The van der Waals surface area contributed by atoms with Crippen molar-refractivity contribution in [2.75, 3.05) is 14.2 Å². The number of ether oxygens (including phenoxy) is 2. The standard InChI is InChI=1S/C22H20N2O5/c1-4-14(21(26)28-2)13-10-17-19-15(9-12-7-5-6-8-16(12)23-19)20(22(27)29-3)24(17)18(25)11-13/h5-11,14,20H,4H2,1-3H3. The Morgan fingerprint density at radius 2 is 1.90 bits per heavy atom. The average molecular weight is 392 g/mol. The topological polar surface area (TPSA) is 87.5 Å². The van der Waals surface area contributed by atoms with Crippen LogP contribution in [0.1, 0.15) is 36.4 Å². The quantitative estimate of drug-likeness (QED) is 0.635. The summed E-state index contributed by atoms with van der Waals surface area (Å²) in [6.45, 7) is 1.85. The monoisotopic (exact) mass is 392 g/mol. The van der Waals surface area contributed by atoms with E-state index >= 15 is 0 Å². The van der Waals surface area contributed by atoms with Crippen LogP contribution in [0.5, 0.6) is 0 Å². The number of hydrogen-bond donors (Lipinski definition) is 0. The van der Waals surface area contributed by atoms with Crippen LogP contribution in [0.25, 0.3) is 22.3 Å². The molecule has 0 spiro atoms. The summed E-state index contributed by atoms with van der Waals surface area (Å²) in [6, 6.07) is 11.6. The molecule has 0 N–H and O–H groups in total. The smallest absolute Gasteiger partial charge is 0.333 e. The third kappa shape index (κ3) is 2.90. The van der Waals surface area contributed by atoms with Crippen LogP contribution in [-0.2, 0) is 19.1 Å². The van der Waals surface area contributed by atoms with Crippen molar-refractivity contribution >= 4 is 22.8 Å². The summed E-state index contributed by atoms with van der Waals surface area (Å²) in [5.74, 6) is -1.53. The van der Waals surface area contributed by atoms with Crippen molar-refractivity contribution in [1.82, 2.24) is 9.55 Å². The molecule has 1 aromatic carbocycles. The molecule has 29 heavy (non-hydrogen) atoms. The second-order valence-corrected chi connectivity index (χ2v) is 6.91. The van der Waals surface area contributed by atoms with Gasteiger partial charge in [0.25, 0.3) is 5.56 Å². The van der Waals surface area contributed by atoms with E-state index in [0.29, 0.717) is 28.9 Å². The maximum Gasteiger partial charge on any atom is 0.333 e. The molecule has 0 saturated carbocycles. The lowest BCUT2D eigenvalue weighted by Crippen LogP contribution is -2.29. The number of nitrogens with zero attached hydrogens (tertiary/aromatic N) is 2. The second-order valence-electron chi connectivity index (χ2n) is 6.91. The fourth-order valence-electron chi connectivity index (χ4n) is 3.96. The highest BCUT2D eigenvalue weighted by atomic mass is 16.5. The SMILES string of the molecule is CCC(C(=O)OC)c1cc2n(c(=O)c1)C(C(=O)OC)c1cc3ccccc3nc1-2. The van der Waals surface area contributed by atoms with Crippen LogP contribution in [-0.4, -0.2) is 35.7 Å². The zero-order valence-electron chi connectivity index (χ0n) is 16.3. The van der Waals surface area contributed by atoms with Gasteiger partial charge >= 0.3 is 11.9 Å². The molecule has 3 heterocycles. The van der Waals surface area contributed by atoms with E-state index in [4.69, 9.17) is 14.5 Å². The molecule has 7 heteroatoms. The number of fused-ring (bicyclic) bond motifs is 4. The number of hydrogen-bond acceptors (Lipinski definition) is 6. The van der Waals surface area contributed by atoms with Crippen LogP contribution in [0.15, 0.2) is 47.3 Å². The molecule has 0 fully saturated rings. The van der Waals surface area contributed by atoms with Gasteiger partial charge in [-0.2, -0.15) is 0 Å². The summed E-state index contributed by atoms with van der Waals surface area (Å²) in [4.78, 5) is 42.5. The van der Waals surface area contributed by atoms with Gasteiger partial charge in [-0.25, -0.2) is 9.78 Å². The Hall–Kier alpha value is -3.48. The van der Waals surface area contributed by atoms with Crippen molar-refractivity contribution in [1.29, 1.82) is 0 Å². The van der Waals surface area contributed by atoms with Gasteiger partial charge in [0.15, 0.2) is 6.04 Å². The molecule has 3 aromatic rings. The fourth-order valence-corrected chi connectivity index (χ4v) is 3.96. The third-order valence-corrected chi connectivity index (χ3v) is 5.36. The molecular formula is C22H20N2O5. The summed E-state index contributed by atoms with van der Waals surface area (Å²) in [5.41, 5.74) is 2.54. The highest BCUT2D eigenvalue weighted by Crippen LogP contribution is 2.40. The van der Waals surface area contributed by atoms with E-state index in [1.165, 1.54) is 24.9 Å². The number of para-hydroxylation sites is 1. The van der Waals surface area contributed by atoms with Crippen LogP contribution < -0.4 is 5.56 Å². The minimum absolute atomic E-state index is 0.391. The van der Waals surface area contributed by atoms with Gasteiger partial charge in [0.1, 0.15) is 0 Å². The normalized spacial score (nSPS) is 15.5. The van der Waals surface area contributed by atoms with Gasteiger partial charge in [0, 0.05) is 17.0 Å². The zero-order chi connectivity index (χ0) is 20.7. The van der Waals surface area contributed by atoms with Gasteiger partial charge in [-0.05, 0) is 30.2 Å². The molecule has 0 amide bonds. The fraction of sp³-hybridized carbons (Fsp3) is 0.273. The molecule has 2 unspecified atom stereocenters. The van der Waals surface area contributed by atoms with Crippen LogP contribution in [0.3, 0.4) is 0 Å². The molecule has 7 nitrogen and oxygen atoms in total. The Morgan fingerprint density at radius 3 is 2.59 bits per heavy atom. The number of aromatic nitrogens is 2. The lowest BCUT2D eigenvalue weighted by Gasteiger charge is -2.16. The molecule has 0 saturated heterocycles. The summed E-state index contributed by atoms with van der Waals surface area (Å²) < 4.78 is 11.2. The third-order valence-electron chi connectivity index (χ3n) is 5.36. The highest BCUT2D eigenvalue weighted by Gasteiger charge is 2.37. The predicted molar refractivity (Wildman–Crippen MR) is 107 cm³/mol. The van der Waals surface area contributed by atoms with Gasteiger partial charge in [-0.1, -0.05) is 25.1 Å². The van der Waals surface area contributed by atoms with Crippen LogP contribution in [0, 0.1) is 0 Å². The van der Waals surface area contributed by atoms with E-state index in [1.807, 2.05) is 37.3 Å². The summed E-state index contributed by atoms with van der Waals surface area (Å²) in [7, 11) is 2.61. The molecule has 2 aromatic heterocycles. The number of pyridine rings is 2. The largest absolute Gasteiger partial charge is 0.469 e. The van der Waals surface area contributed by atoms with Crippen molar-refractivity contribution in [3.63, 3.8) is 0 Å². The number of esters is 2. The Bertz CT molecular complexity index is 1200. The van der Waals surface area contributed by atoms with Gasteiger partial charge in [-0.15, -0.1) is 0 Å². The molecular weight excluding hydrogens is 372 g/mol. The number of carbonyl (C=O) groups is 2. The lowest BCUT2D eigenvalue weighted by atomic mass is 9.96. The second kappa shape index (κ2) is 7.16. The minimum atomic E-state index is -0.915. The van der Waals surface area contributed by atoms with Crippen molar-refractivity contribution in [2.24, 2.45) is 0 Å². The zero-order valence-corrected chi connectivity index (χ0v) is 16.3. The minimum Gasteiger partial charge on any atom is -0.469 e. The van der Waals surface area contributed by atoms with Crippen LogP contribution in [0.4, 0.5) is 0 Å². The summed E-state index contributed by atoms with van der Waals surface area (Å²) >= 11 is 0. The van der Waals surface area contributed by atoms with E-state index in [-0.39, 0.29) is 0 Å². The maximum absolute atomic E-state index is 13.0. The van der Waals surface area contributed by atoms with Gasteiger partial charge in [-0.3, -0.25) is 14.2 Å². The van der Waals surface area contributed by atoms with Crippen LogP contribution >= 0.6 is 0 Å². The lowest BCUT2D eigenvalue weighted by molar-refractivity contribution is -0.143. The van der Waals surface area contributed by atoms with Crippen molar-refractivity contribution < 1.29 is 19.1 Å². The van der Waals surface area contributed by atoms with Crippen LogP contribution in [0.2, 0.25) is 0 Å². The van der Waals surface area contributed by atoms with Crippen molar-refractivity contribution in [3.8, 4) is 11.4 Å². The Balaban J connectivity index is 2.01. The first kappa shape index (κ1) is 18.9. The van der Waals surface area contributed by atoms with E-state index in [9.17, 15) is 14.4 Å². The van der Waals surface area contributed by atoms with Gasteiger partial charge < -0.3 is 9.47 Å². The number of methoxy groups -OCH3 is 2. The van der Waals surface area contributed by atoms with E-state index < -0.39 is 29.5 Å².